The highest BCUT2D eigenvalue weighted by Crippen LogP contribution is 2.28. The van der Waals surface area contributed by atoms with Crippen molar-refractivity contribution in [2.24, 2.45) is 0 Å². The quantitative estimate of drug-likeness (QED) is 0.728. The van der Waals surface area contributed by atoms with Gasteiger partial charge in [0.15, 0.2) is 0 Å². The van der Waals surface area contributed by atoms with E-state index >= 15 is 0 Å². The molecule has 0 heterocycles. The summed E-state index contributed by atoms with van der Waals surface area (Å²) in [4.78, 5) is 0. The smallest absolute Gasteiger partial charge is 0.134 e. The molecular formula is C15H14Br2O2. The molecule has 0 aromatic heterocycles. The van der Waals surface area contributed by atoms with Gasteiger partial charge in [0.05, 0.1) is 11.6 Å². The van der Waals surface area contributed by atoms with Crippen LogP contribution in [0.2, 0.25) is 0 Å². The molecule has 100 valence electrons. The van der Waals surface area contributed by atoms with Crippen LogP contribution < -0.4 is 9.47 Å². The maximum Gasteiger partial charge on any atom is 0.134 e. The first-order valence-corrected chi connectivity index (χ1v) is 7.40. The Bertz CT molecular complexity index is 582. The second-order valence-electron chi connectivity index (χ2n) is 4.18. The Balaban J connectivity index is 2.14. The van der Waals surface area contributed by atoms with E-state index in [0.717, 1.165) is 26.0 Å². The van der Waals surface area contributed by atoms with Gasteiger partial charge in [-0.15, -0.1) is 0 Å². The Kier molecular flexibility index (Phi) is 4.88. The second kappa shape index (κ2) is 6.44. The Morgan fingerprint density at radius 1 is 1.00 bits per heavy atom. The molecule has 0 unspecified atom stereocenters. The van der Waals surface area contributed by atoms with Crippen molar-refractivity contribution in [2.75, 3.05) is 7.11 Å². The SMILES string of the molecule is COc1ccc(Br)c(COc2ccc(C)cc2Br)c1. The van der Waals surface area contributed by atoms with Gasteiger partial charge in [0.2, 0.25) is 0 Å². The fraction of sp³-hybridized carbons (Fsp3) is 0.200. The van der Waals surface area contributed by atoms with E-state index in [0.29, 0.717) is 6.61 Å². The number of hydrogen-bond donors (Lipinski definition) is 0. The van der Waals surface area contributed by atoms with Crippen molar-refractivity contribution in [1.29, 1.82) is 0 Å². The van der Waals surface area contributed by atoms with Gasteiger partial charge in [-0.1, -0.05) is 22.0 Å². The minimum absolute atomic E-state index is 0.486. The lowest BCUT2D eigenvalue weighted by Crippen LogP contribution is -1.98. The van der Waals surface area contributed by atoms with E-state index in [1.165, 1.54) is 5.56 Å². The fourth-order valence-corrected chi connectivity index (χ4v) is 2.64. The van der Waals surface area contributed by atoms with E-state index in [9.17, 15) is 0 Å². The van der Waals surface area contributed by atoms with Gasteiger partial charge >= 0.3 is 0 Å². The molecule has 4 heteroatoms. The van der Waals surface area contributed by atoms with Crippen LogP contribution in [-0.2, 0) is 6.61 Å². The molecule has 0 atom stereocenters. The average Bonchev–Trinajstić information content (AvgIpc) is 2.39. The lowest BCUT2D eigenvalue weighted by Gasteiger charge is -2.11. The monoisotopic (exact) mass is 384 g/mol. The number of methoxy groups -OCH3 is 1. The molecule has 2 nitrogen and oxygen atoms in total. The van der Waals surface area contributed by atoms with Crippen molar-refractivity contribution in [2.45, 2.75) is 13.5 Å². The van der Waals surface area contributed by atoms with Gasteiger partial charge in [0.1, 0.15) is 18.1 Å². The van der Waals surface area contributed by atoms with Gasteiger partial charge in [-0.25, -0.2) is 0 Å². The molecule has 19 heavy (non-hydrogen) atoms. The van der Waals surface area contributed by atoms with Gasteiger partial charge in [0, 0.05) is 10.0 Å². The summed E-state index contributed by atoms with van der Waals surface area (Å²) in [5.41, 5.74) is 2.24. The zero-order valence-electron chi connectivity index (χ0n) is 10.7. The summed E-state index contributed by atoms with van der Waals surface area (Å²) in [6.45, 7) is 2.53. The normalized spacial score (nSPS) is 10.3. The topological polar surface area (TPSA) is 18.5 Å². The molecule has 0 aliphatic carbocycles. The van der Waals surface area contributed by atoms with E-state index in [-0.39, 0.29) is 0 Å². The largest absolute Gasteiger partial charge is 0.497 e. The van der Waals surface area contributed by atoms with Crippen molar-refractivity contribution >= 4 is 31.9 Å². The van der Waals surface area contributed by atoms with Crippen molar-refractivity contribution in [3.63, 3.8) is 0 Å². The van der Waals surface area contributed by atoms with Crippen LogP contribution in [-0.4, -0.2) is 7.11 Å². The van der Waals surface area contributed by atoms with Crippen LogP contribution in [0, 0.1) is 6.92 Å². The summed E-state index contributed by atoms with van der Waals surface area (Å²) >= 11 is 7.02. The van der Waals surface area contributed by atoms with Crippen molar-refractivity contribution in [3.8, 4) is 11.5 Å². The van der Waals surface area contributed by atoms with Crippen LogP contribution >= 0.6 is 31.9 Å². The molecular weight excluding hydrogens is 372 g/mol. The number of benzene rings is 2. The standard InChI is InChI=1S/C15H14Br2O2/c1-10-3-6-15(14(17)7-10)19-9-11-8-12(18-2)4-5-13(11)16/h3-8H,9H2,1-2H3. The fourth-order valence-electron chi connectivity index (χ4n) is 1.67. The lowest BCUT2D eigenvalue weighted by molar-refractivity contribution is 0.302. The second-order valence-corrected chi connectivity index (χ2v) is 5.89. The van der Waals surface area contributed by atoms with E-state index in [1.54, 1.807) is 7.11 Å². The molecule has 2 aromatic rings. The number of aryl methyl sites for hydroxylation is 1. The summed E-state index contributed by atoms with van der Waals surface area (Å²) in [7, 11) is 1.66. The summed E-state index contributed by atoms with van der Waals surface area (Å²) in [6.07, 6.45) is 0. The minimum atomic E-state index is 0.486. The molecule has 0 saturated heterocycles. The number of halogens is 2. The van der Waals surface area contributed by atoms with E-state index in [4.69, 9.17) is 9.47 Å². The van der Waals surface area contributed by atoms with Crippen molar-refractivity contribution < 1.29 is 9.47 Å². The summed E-state index contributed by atoms with van der Waals surface area (Å²) < 4.78 is 13.0. The third-order valence-corrected chi connectivity index (χ3v) is 4.12. The average molecular weight is 386 g/mol. The molecule has 0 aliphatic heterocycles. The van der Waals surface area contributed by atoms with Crippen LogP contribution in [0.4, 0.5) is 0 Å². The maximum atomic E-state index is 5.83. The molecule has 0 aliphatic rings. The molecule has 0 N–H and O–H groups in total. The van der Waals surface area contributed by atoms with Gasteiger partial charge in [-0.2, -0.15) is 0 Å². The highest BCUT2D eigenvalue weighted by atomic mass is 79.9. The Morgan fingerprint density at radius 2 is 1.79 bits per heavy atom. The third-order valence-electron chi connectivity index (χ3n) is 2.72. The Labute approximate surface area is 130 Å². The van der Waals surface area contributed by atoms with Crippen LogP contribution in [0.1, 0.15) is 11.1 Å². The van der Waals surface area contributed by atoms with Gasteiger partial charge in [-0.3, -0.25) is 0 Å². The number of ether oxygens (including phenoxy) is 2. The zero-order valence-corrected chi connectivity index (χ0v) is 13.9. The molecule has 0 saturated carbocycles. The predicted octanol–water partition coefficient (Wildman–Crippen LogP) is 5.11. The summed E-state index contributed by atoms with van der Waals surface area (Å²) in [6, 6.07) is 11.9. The Hall–Kier alpha value is -1.00. The molecule has 0 spiro atoms. The van der Waals surface area contributed by atoms with Crippen LogP contribution in [0.15, 0.2) is 45.3 Å². The van der Waals surface area contributed by atoms with E-state index in [2.05, 4.69) is 31.9 Å². The Morgan fingerprint density at radius 3 is 2.47 bits per heavy atom. The van der Waals surface area contributed by atoms with Gasteiger partial charge in [-0.05, 0) is 58.7 Å². The maximum absolute atomic E-state index is 5.83. The van der Waals surface area contributed by atoms with Gasteiger partial charge in [0.25, 0.3) is 0 Å². The minimum Gasteiger partial charge on any atom is -0.497 e. The lowest BCUT2D eigenvalue weighted by atomic mass is 10.2. The molecule has 0 radical (unpaired) electrons. The van der Waals surface area contributed by atoms with Crippen molar-refractivity contribution in [3.05, 3.63) is 56.5 Å². The van der Waals surface area contributed by atoms with Crippen LogP contribution in [0.25, 0.3) is 0 Å². The number of rotatable bonds is 4. The molecule has 0 fully saturated rings. The first-order valence-electron chi connectivity index (χ1n) is 5.81. The number of hydrogen-bond acceptors (Lipinski definition) is 2. The highest BCUT2D eigenvalue weighted by molar-refractivity contribution is 9.10. The van der Waals surface area contributed by atoms with Gasteiger partial charge < -0.3 is 9.47 Å². The van der Waals surface area contributed by atoms with Crippen LogP contribution in [0.3, 0.4) is 0 Å². The van der Waals surface area contributed by atoms with E-state index < -0.39 is 0 Å². The molecule has 0 amide bonds. The summed E-state index contributed by atoms with van der Waals surface area (Å²) in [5, 5.41) is 0. The third kappa shape index (κ3) is 3.74. The molecule has 2 aromatic carbocycles. The van der Waals surface area contributed by atoms with Crippen molar-refractivity contribution in [1.82, 2.24) is 0 Å². The van der Waals surface area contributed by atoms with Crippen LogP contribution in [0.5, 0.6) is 11.5 Å². The highest BCUT2D eigenvalue weighted by Gasteiger charge is 2.05. The first-order chi connectivity index (χ1) is 9.10. The molecule has 2 rings (SSSR count). The molecule has 0 bridgehead atoms. The van der Waals surface area contributed by atoms with E-state index in [1.807, 2.05) is 43.3 Å². The summed E-state index contributed by atoms with van der Waals surface area (Å²) in [5.74, 6) is 1.66. The zero-order chi connectivity index (χ0) is 13.8. The first kappa shape index (κ1) is 14.4. The predicted molar refractivity (Wildman–Crippen MR) is 83.9 cm³/mol.